The Labute approximate surface area is 126 Å². The van der Waals surface area contributed by atoms with Gasteiger partial charge in [-0.1, -0.05) is 12.1 Å². The molecule has 0 aromatic heterocycles. The van der Waals surface area contributed by atoms with Crippen LogP contribution in [0.4, 0.5) is 15.8 Å². The van der Waals surface area contributed by atoms with Gasteiger partial charge in [0, 0.05) is 17.4 Å². The lowest BCUT2D eigenvalue weighted by Crippen LogP contribution is -2.28. The third-order valence-corrected chi connectivity index (χ3v) is 3.34. The Morgan fingerprint density at radius 3 is 2.24 bits per heavy atom. The summed E-state index contributed by atoms with van der Waals surface area (Å²) < 4.78 is 13.0. The van der Waals surface area contributed by atoms with Gasteiger partial charge in [0.25, 0.3) is 0 Å². The molecule has 0 radical (unpaired) electrons. The average Bonchev–Trinajstić information content (AvgIpc) is 2.41. The Morgan fingerprint density at radius 1 is 0.952 bits per heavy atom. The van der Waals surface area contributed by atoms with E-state index < -0.39 is 0 Å². The number of nitrogens with one attached hydrogen (secondary N) is 2. The molecule has 0 bridgehead atoms. The number of rotatable bonds is 5. The molecule has 0 unspecified atom stereocenters. The predicted molar refractivity (Wildman–Crippen MR) is 88.2 cm³/mol. The van der Waals surface area contributed by atoms with Crippen molar-refractivity contribution in [2.45, 2.75) is 39.3 Å². The third kappa shape index (κ3) is 4.22. The van der Waals surface area contributed by atoms with Crippen molar-refractivity contribution in [3.63, 3.8) is 0 Å². The molecule has 0 spiro atoms. The van der Waals surface area contributed by atoms with Crippen molar-refractivity contribution in [3.05, 3.63) is 59.9 Å². The summed E-state index contributed by atoms with van der Waals surface area (Å²) in [6, 6.07) is 15.2. The second kappa shape index (κ2) is 6.17. The van der Waals surface area contributed by atoms with E-state index in [0.717, 1.165) is 11.4 Å². The van der Waals surface area contributed by atoms with Gasteiger partial charge >= 0.3 is 0 Å². The molecular formula is C18H23FN2. The normalized spacial score (nSPS) is 11.5. The van der Waals surface area contributed by atoms with Crippen LogP contribution in [-0.2, 0) is 5.54 Å². The van der Waals surface area contributed by atoms with Crippen LogP contribution in [0.15, 0.2) is 48.5 Å². The Hall–Kier alpha value is -2.03. The maximum absolute atomic E-state index is 13.0. The molecule has 2 nitrogen and oxygen atoms in total. The third-order valence-electron chi connectivity index (χ3n) is 3.34. The standard InChI is InChI=1S/C18H23FN2/c1-13(2)20-17-7-5-6-14(12-17)18(3,4)21-16-10-8-15(19)9-11-16/h5-13,20-21H,1-4H3. The van der Waals surface area contributed by atoms with Gasteiger partial charge in [-0.2, -0.15) is 0 Å². The van der Waals surface area contributed by atoms with Crippen molar-refractivity contribution in [2.75, 3.05) is 10.6 Å². The van der Waals surface area contributed by atoms with Crippen molar-refractivity contribution in [1.82, 2.24) is 0 Å². The van der Waals surface area contributed by atoms with Crippen LogP contribution in [0.3, 0.4) is 0 Å². The summed E-state index contributed by atoms with van der Waals surface area (Å²) in [5, 5.41) is 6.86. The molecule has 3 heteroatoms. The van der Waals surface area contributed by atoms with Crippen molar-refractivity contribution in [3.8, 4) is 0 Å². The lowest BCUT2D eigenvalue weighted by molar-refractivity contribution is 0.606. The summed E-state index contributed by atoms with van der Waals surface area (Å²) in [6.45, 7) is 8.47. The fourth-order valence-electron chi connectivity index (χ4n) is 2.30. The quantitative estimate of drug-likeness (QED) is 0.809. The number of anilines is 2. The molecule has 0 fully saturated rings. The summed E-state index contributed by atoms with van der Waals surface area (Å²) >= 11 is 0. The number of halogens is 1. The lowest BCUT2D eigenvalue weighted by Gasteiger charge is -2.29. The molecule has 0 aliphatic rings. The van der Waals surface area contributed by atoms with Crippen molar-refractivity contribution >= 4 is 11.4 Å². The van der Waals surface area contributed by atoms with Gasteiger partial charge in [0.2, 0.25) is 0 Å². The fourth-order valence-corrected chi connectivity index (χ4v) is 2.30. The average molecular weight is 286 g/mol. The van der Waals surface area contributed by atoms with Crippen molar-refractivity contribution in [2.24, 2.45) is 0 Å². The van der Waals surface area contributed by atoms with E-state index in [2.05, 4.69) is 56.5 Å². The van der Waals surface area contributed by atoms with Gasteiger partial charge in [0.05, 0.1) is 5.54 Å². The Morgan fingerprint density at radius 2 is 1.62 bits per heavy atom. The zero-order valence-electron chi connectivity index (χ0n) is 13.1. The van der Waals surface area contributed by atoms with E-state index in [0.29, 0.717) is 6.04 Å². The number of hydrogen-bond acceptors (Lipinski definition) is 2. The van der Waals surface area contributed by atoms with Crippen LogP contribution in [-0.4, -0.2) is 6.04 Å². The SMILES string of the molecule is CC(C)Nc1cccc(C(C)(C)Nc2ccc(F)cc2)c1. The first-order valence-corrected chi connectivity index (χ1v) is 7.28. The van der Waals surface area contributed by atoms with Crippen LogP contribution in [0.1, 0.15) is 33.3 Å². The molecule has 0 amide bonds. The van der Waals surface area contributed by atoms with Gasteiger partial charge in [0.1, 0.15) is 5.82 Å². The minimum Gasteiger partial charge on any atom is -0.383 e. The van der Waals surface area contributed by atoms with Gasteiger partial charge in [-0.3, -0.25) is 0 Å². The monoisotopic (exact) mass is 286 g/mol. The van der Waals surface area contributed by atoms with Crippen molar-refractivity contribution < 1.29 is 4.39 Å². The van der Waals surface area contributed by atoms with Gasteiger partial charge in [-0.05, 0) is 69.7 Å². The highest BCUT2D eigenvalue weighted by atomic mass is 19.1. The minimum absolute atomic E-state index is 0.221. The van der Waals surface area contributed by atoms with E-state index in [-0.39, 0.29) is 11.4 Å². The molecule has 0 aliphatic heterocycles. The molecule has 21 heavy (non-hydrogen) atoms. The molecular weight excluding hydrogens is 263 g/mol. The summed E-state index contributed by atoms with van der Waals surface area (Å²) in [6.07, 6.45) is 0. The zero-order valence-corrected chi connectivity index (χ0v) is 13.1. The zero-order chi connectivity index (χ0) is 15.5. The van der Waals surface area contributed by atoms with E-state index >= 15 is 0 Å². The second-order valence-electron chi connectivity index (χ2n) is 6.14. The smallest absolute Gasteiger partial charge is 0.123 e. The summed E-state index contributed by atoms with van der Waals surface area (Å²) in [5.74, 6) is -0.221. The molecule has 0 saturated carbocycles. The van der Waals surface area contributed by atoms with Crippen LogP contribution >= 0.6 is 0 Å². The molecule has 2 N–H and O–H groups in total. The van der Waals surface area contributed by atoms with E-state index in [9.17, 15) is 4.39 Å². The van der Waals surface area contributed by atoms with Crippen LogP contribution in [0.2, 0.25) is 0 Å². The number of hydrogen-bond donors (Lipinski definition) is 2. The highest BCUT2D eigenvalue weighted by Gasteiger charge is 2.20. The molecule has 2 aromatic rings. The second-order valence-corrected chi connectivity index (χ2v) is 6.14. The number of benzene rings is 2. The van der Waals surface area contributed by atoms with Gasteiger partial charge in [-0.15, -0.1) is 0 Å². The molecule has 0 heterocycles. The first kappa shape index (κ1) is 15.4. The maximum atomic E-state index is 13.0. The molecule has 0 saturated heterocycles. The van der Waals surface area contributed by atoms with Crippen LogP contribution in [0.5, 0.6) is 0 Å². The lowest BCUT2D eigenvalue weighted by atomic mass is 9.93. The summed E-state index contributed by atoms with van der Waals surface area (Å²) in [7, 11) is 0. The molecule has 2 aromatic carbocycles. The van der Waals surface area contributed by atoms with Gasteiger partial charge in [0.15, 0.2) is 0 Å². The minimum atomic E-state index is -0.244. The van der Waals surface area contributed by atoms with Crippen molar-refractivity contribution in [1.29, 1.82) is 0 Å². The van der Waals surface area contributed by atoms with E-state index in [1.807, 2.05) is 6.07 Å². The molecule has 0 atom stereocenters. The van der Waals surface area contributed by atoms with Gasteiger partial charge in [-0.25, -0.2) is 4.39 Å². The maximum Gasteiger partial charge on any atom is 0.123 e. The Kier molecular flexibility index (Phi) is 4.51. The van der Waals surface area contributed by atoms with Crippen LogP contribution in [0.25, 0.3) is 0 Å². The molecule has 2 rings (SSSR count). The summed E-state index contributed by atoms with van der Waals surface area (Å²) in [5.41, 5.74) is 2.95. The Bertz CT molecular complexity index is 588. The van der Waals surface area contributed by atoms with Gasteiger partial charge < -0.3 is 10.6 Å². The van der Waals surface area contributed by atoms with E-state index in [4.69, 9.17) is 0 Å². The Balaban J connectivity index is 2.20. The molecule has 0 aliphatic carbocycles. The van der Waals surface area contributed by atoms with E-state index in [1.165, 1.54) is 17.7 Å². The topological polar surface area (TPSA) is 24.1 Å². The first-order chi connectivity index (χ1) is 9.87. The van der Waals surface area contributed by atoms with E-state index in [1.54, 1.807) is 12.1 Å². The van der Waals surface area contributed by atoms with Crippen LogP contribution in [0, 0.1) is 5.82 Å². The highest BCUT2D eigenvalue weighted by molar-refractivity contribution is 5.52. The predicted octanol–water partition coefficient (Wildman–Crippen LogP) is 4.99. The molecule has 112 valence electrons. The fraction of sp³-hybridized carbons (Fsp3) is 0.333. The largest absolute Gasteiger partial charge is 0.383 e. The summed E-state index contributed by atoms with van der Waals surface area (Å²) in [4.78, 5) is 0. The highest BCUT2D eigenvalue weighted by Crippen LogP contribution is 2.27. The van der Waals surface area contributed by atoms with Crippen LogP contribution < -0.4 is 10.6 Å². The first-order valence-electron chi connectivity index (χ1n) is 7.28.